The van der Waals surface area contributed by atoms with Gasteiger partial charge in [-0.15, -0.1) is 0 Å². The Kier molecular flexibility index (Phi) is 4.34. The number of halogens is 1. The lowest BCUT2D eigenvalue weighted by Crippen LogP contribution is -2.16. The van der Waals surface area contributed by atoms with Gasteiger partial charge in [0.1, 0.15) is 0 Å². The first kappa shape index (κ1) is 16.5. The second kappa shape index (κ2) is 6.30. The van der Waals surface area contributed by atoms with Crippen LogP contribution in [0.25, 0.3) is 10.9 Å². The van der Waals surface area contributed by atoms with Crippen molar-refractivity contribution < 1.29 is 18.3 Å². The lowest BCUT2D eigenvalue weighted by Gasteiger charge is -2.11. The van der Waals surface area contributed by atoms with Crippen LogP contribution in [0.1, 0.15) is 12.1 Å². The van der Waals surface area contributed by atoms with E-state index in [0.717, 1.165) is 3.97 Å². The Hall–Kier alpha value is -2.31. The summed E-state index contributed by atoms with van der Waals surface area (Å²) < 4.78 is 27.3. The van der Waals surface area contributed by atoms with Crippen molar-refractivity contribution in [2.45, 2.75) is 17.7 Å². The highest BCUT2D eigenvalue weighted by atomic mass is 35.5. The van der Waals surface area contributed by atoms with E-state index < -0.39 is 16.0 Å². The summed E-state index contributed by atoms with van der Waals surface area (Å²) in [5.41, 5.74) is 0.718. The van der Waals surface area contributed by atoms with Crippen LogP contribution in [0.5, 0.6) is 0 Å². The Morgan fingerprint density at radius 1 is 1.04 bits per heavy atom. The summed E-state index contributed by atoms with van der Waals surface area (Å²) in [6.45, 7) is 0. The number of carboxylic acids is 1. The van der Waals surface area contributed by atoms with E-state index in [1.54, 1.807) is 42.5 Å². The van der Waals surface area contributed by atoms with Crippen molar-refractivity contribution in [2.24, 2.45) is 0 Å². The number of aromatic nitrogens is 1. The number of carbonyl (C=O) groups is 1. The number of para-hydroxylation sites is 1. The Balaban J connectivity index is 2.29. The molecule has 0 bridgehead atoms. The molecule has 0 amide bonds. The average Bonchev–Trinajstić information content (AvgIpc) is 2.87. The van der Waals surface area contributed by atoms with Crippen LogP contribution in [0.2, 0.25) is 5.02 Å². The summed E-state index contributed by atoms with van der Waals surface area (Å²) in [5, 5.41) is 9.80. The van der Waals surface area contributed by atoms with Gasteiger partial charge in [-0.3, -0.25) is 4.79 Å². The molecule has 24 heavy (non-hydrogen) atoms. The van der Waals surface area contributed by atoms with Crippen LogP contribution in [0.3, 0.4) is 0 Å². The first-order chi connectivity index (χ1) is 11.4. The van der Waals surface area contributed by atoms with Crippen LogP contribution in [0, 0.1) is 0 Å². The molecule has 0 saturated heterocycles. The minimum absolute atomic E-state index is 0.0227. The van der Waals surface area contributed by atoms with Crippen LogP contribution in [-0.4, -0.2) is 23.5 Å². The fourth-order valence-corrected chi connectivity index (χ4v) is 4.63. The third-order valence-electron chi connectivity index (χ3n) is 3.71. The van der Waals surface area contributed by atoms with E-state index in [0.29, 0.717) is 10.9 Å². The summed E-state index contributed by atoms with van der Waals surface area (Å²) in [7, 11) is -3.88. The molecule has 1 heterocycles. The van der Waals surface area contributed by atoms with Gasteiger partial charge < -0.3 is 5.11 Å². The van der Waals surface area contributed by atoms with Gasteiger partial charge in [0.25, 0.3) is 10.0 Å². The van der Waals surface area contributed by atoms with Crippen molar-refractivity contribution in [3.8, 4) is 0 Å². The third-order valence-corrected chi connectivity index (χ3v) is 5.90. The molecular formula is C17H14ClNO4S. The van der Waals surface area contributed by atoms with E-state index in [9.17, 15) is 13.2 Å². The molecule has 0 radical (unpaired) electrons. The fraction of sp³-hybridized carbons (Fsp3) is 0.118. The maximum atomic E-state index is 13.1. The van der Waals surface area contributed by atoms with E-state index in [1.165, 1.54) is 12.1 Å². The van der Waals surface area contributed by atoms with E-state index in [1.807, 2.05) is 0 Å². The minimum Gasteiger partial charge on any atom is -0.481 e. The molecule has 1 N–H and O–H groups in total. The SMILES string of the molecule is O=C(O)CCc1c(Cl)c2ccccc2n1S(=O)(=O)c1ccccc1. The minimum atomic E-state index is -3.88. The molecule has 0 fully saturated rings. The van der Waals surface area contributed by atoms with Crippen LogP contribution >= 0.6 is 11.6 Å². The van der Waals surface area contributed by atoms with E-state index >= 15 is 0 Å². The monoisotopic (exact) mass is 363 g/mol. The summed E-state index contributed by atoms with van der Waals surface area (Å²) in [5.74, 6) is -1.01. The number of rotatable bonds is 5. The Morgan fingerprint density at radius 2 is 1.67 bits per heavy atom. The zero-order valence-corrected chi connectivity index (χ0v) is 14.1. The van der Waals surface area contributed by atoms with Crippen LogP contribution in [0.4, 0.5) is 0 Å². The Labute approximate surface area is 144 Å². The van der Waals surface area contributed by atoms with E-state index in [2.05, 4.69) is 0 Å². The van der Waals surface area contributed by atoms with Gasteiger partial charge in [-0.25, -0.2) is 12.4 Å². The molecule has 2 aromatic carbocycles. The van der Waals surface area contributed by atoms with E-state index in [-0.39, 0.29) is 28.5 Å². The average molecular weight is 364 g/mol. The van der Waals surface area contributed by atoms with Crippen molar-refractivity contribution in [2.75, 3.05) is 0 Å². The molecule has 5 nitrogen and oxygen atoms in total. The van der Waals surface area contributed by atoms with Gasteiger partial charge in [0.2, 0.25) is 0 Å². The molecule has 7 heteroatoms. The molecule has 3 aromatic rings. The standard InChI is InChI=1S/C17H14ClNO4S/c18-17-13-8-4-5-9-14(13)19(15(17)10-11-16(20)21)24(22,23)12-6-2-1-3-7-12/h1-9H,10-11H2,(H,20,21). The number of carboxylic acid groups (broad SMARTS) is 1. The second-order valence-corrected chi connectivity index (χ2v) is 7.42. The van der Waals surface area contributed by atoms with Gasteiger partial charge in [-0.1, -0.05) is 48.0 Å². The summed E-state index contributed by atoms with van der Waals surface area (Å²) >= 11 is 6.36. The number of hydrogen-bond acceptors (Lipinski definition) is 3. The smallest absolute Gasteiger partial charge is 0.303 e. The quantitative estimate of drug-likeness (QED) is 0.752. The molecule has 0 spiro atoms. The van der Waals surface area contributed by atoms with Crippen molar-refractivity contribution in [1.82, 2.24) is 3.97 Å². The summed E-state index contributed by atoms with van der Waals surface area (Å²) in [4.78, 5) is 11.1. The normalized spacial score (nSPS) is 11.7. The largest absolute Gasteiger partial charge is 0.481 e. The molecule has 0 aliphatic carbocycles. The number of fused-ring (bicyclic) bond motifs is 1. The second-order valence-electron chi connectivity index (χ2n) is 5.25. The number of benzene rings is 2. The molecule has 0 aliphatic heterocycles. The molecule has 1 aromatic heterocycles. The van der Waals surface area contributed by atoms with Gasteiger partial charge >= 0.3 is 5.97 Å². The molecule has 124 valence electrons. The maximum Gasteiger partial charge on any atom is 0.303 e. The van der Waals surface area contributed by atoms with Crippen molar-refractivity contribution in [3.63, 3.8) is 0 Å². The fourth-order valence-electron chi connectivity index (χ4n) is 2.64. The third kappa shape index (κ3) is 2.79. The van der Waals surface area contributed by atoms with Gasteiger partial charge in [-0.05, 0) is 18.2 Å². The topological polar surface area (TPSA) is 76.4 Å². The molecule has 0 aliphatic rings. The predicted octanol–water partition coefficient (Wildman–Crippen LogP) is 3.55. The first-order valence-corrected chi connectivity index (χ1v) is 9.05. The zero-order valence-electron chi connectivity index (χ0n) is 12.5. The summed E-state index contributed by atoms with van der Waals surface area (Å²) in [6, 6.07) is 14.9. The van der Waals surface area contributed by atoms with Crippen molar-refractivity contribution in [1.29, 1.82) is 0 Å². The van der Waals surface area contributed by atoms with E-state index in [4.69, 9.17) is 16.7 Å². The molecular weight excluding hydrogens is 350 g/mol. The lowest BCUT2D eigenvalue weighted by molar-refractivity contribution is -0.136. The number of nitrogens with zero attached hydrogens (tertiary/aromatic N) is 1. The number of aliphatic carboxylic acids is 1. The first-order valence-electron chi connectivity index (χ1n) is 7.23. The number of hydrogen-bond donors (Lipinski definition) is 1. The molecule has 0 atom stereocenters. The zero-order chi connectivity index (χ0) is 17.3. The van der Waals surface area contributed by atoms with Gasteiger partial charge in [0.15, 0.2) is 0 Å². The maximum absolute atomic E-state index is 13.1. The predicted molar refractivity (Wildman–Crippen MR) is 91.9 cm³/mol. The van der Waals surface area contributed by atoms with Crippen molar-refractivity contribution >= 4 is 38.5 Å². The molecule has 0 unspecified atom stereocenters. The lowest BCUT2D eigenvalue weighted by atomic mass is 10.2. The highest BCUT2D eigenvalue weighted by Crippen LogP contribution is 2.34. The van der Waals surface area contributed by atoms with Gasteiger partial charge in [0.05, 0.1) is 27.5 Å². The molecule has 0 saturated carbocycles. The van der Waals surface area contributed by atoms with Crippen molar-refractivity contribution in [3.05, 3.63) is 65.3 Å². The van der Waals surface area contributed by atoms with Crippen LogP contribution in [-0.2, 0) is 21.2 Å². The highest BCUT2D eigenvalue weighted by molar-refractivity contribution is 7.90. The van der Waals surface area contributed by atoms with Gasteiger partial charge in [-0.2, -0.15) is 0 Å². The summed E-state index contributed by atoms with van der Waals surface area (Å²) in [6.07, 6.45) is -0.185. The molecule has 3 rings (SSSR count). The highest BCUT2D eigenvalue weighted by Gasteiger charge is 2.26. The Bertz CT molecular complexity index is 1010. The van der Waals surface area contributed by atoms with Crippen LogP contribution in [0.15, 0.2) is 59.5 Å². The Morgan fingerprint density at radius 3 is 2.33 bits per heavy atom. The van der Waals surface area contributed by atoms with Gasteiger partial charge in [0, 0.05) is 11.8 Å². The van der Waals surface area contributed by atoms with Crippen LogP contribution < -0.4 is 0 Å².